The highest BCUT2D eigenvalue weighted by molar-refractivity contribution is 9.10. The molecule has 0 fully saturated rings. The van der Waals surface area contributed by atoms with E-state index in [2.05, 4.69) is 20.9 Å². The van der Waals surface area contributed by atoms with Crippen molar-refractivity contribution in [1.82, 2.24) is 4.98 Å². The Labute approximate surface area is 104 Å². The number of rotatable bonds is 4. The van der Waals surface area contributed by atoms with Gasteiger partial charge in [-0.1, -0.05) is 0 Å². The summed E-state index contributed by atoms with van der Waals surface area (Å²) in [6.07, 6.45) is 2.33. The maximum Gasteiger partial charge on any atom is 0.131 e. The van der Waals surface area contributed by atoms with Crippen molar-refractivity contribution in [3.63, 3.8) is 0 Å². The minimum atomic E-state index is 0.171. The van der Waals surface area contributed by atoms with Crippen molar-refractivity contribution in [3.05, 3.63) is 22.3 Å². The number of halogens is 1. The SMILES string of the molecule is Cc1cc(Br)cnc1N(C)C(C)CC(=N)N. The maximum atomic E-state index is 7.29. The highest BCUT2D eigenvalue weighted by Crippen LogP contribution is 2.21. The van der Waals surface area contributed by atoms with E-state index in [1.165, 1.54) is 0 Å². The zero-order valence-electron chi connectivity index (χ0n) is 9.79. The Morgan fingerprint density at radius 3 is 2.81 bits per heavy atom. The Balaban J connectivity index is 2.87. The molecule has 0 saturated carbocycles. The van der Waals surface area contributed by atoms with Crippen LogP contribution >= 0.6 is 15.9 Å². The number of aromatic nitrogens is 1. The molecule has 3 N–H and O–H groups in total. The molecule has 1 aromatic rings. The molecule has 5 heteroatoms. The van der Waals surface area contributed by atoms with E-state index < -0.39 is 0 Å². The van der Waals surface area contributed by atoms with Gasteiger partial charge in [-0.05, 0) is 41.4 Å². The highest BCUT2D eigenvalue weighted by atomic mass is 79.9. The van der Waals surface area contributed by atoms with Gasteiger partial charge in [-0.25, -0.2) is 4.98 Å². The quantitative estimate of drug-likeness (QED) is 0.659. The Kier molecular flexibility index (Phi) is 4.29. The standard InChI is InChI=1S/C11H17BrN4/c1-7-4-9(12)6-15-11(7)16(3)8(2)5-10(13)14/h4,6,8H,5H2,1-3H3,(H3,13,14). The topological polar surface area (TPSA) is 66.0 Å². The first kappa shape index (κ1) is 13.0. The van der Waals surface area contributed by atoms with E-state index in [1.807, 2.05) is 31.9 Å². The van der Waals surface area contributed by atoms with Crippen LogP contribution in [0.25, 0.3) is 0 Å². The second-order valence-corrected chi connectivity index (χ2v) is 4.90. The molecule has 0 aliphatic heterocycles. The molecule has 0 amide bonds. The van der Waals surface area contributed by atoms with E-state index in [4.69, 9.17) is 11.1 Å². The molecule has 1 rings (SSSR count). The van der Waals surface area contributed by atoms with Crippen LogP contribution in [0.1, 0.15) is 18.9 Å². The molecule has 0 saturated heterocycles. The van der Waals surface area contributed by atoms with Crippen molar-refractivity contribution >= 4 is 27.6 Å². The molecular weight excluding hydrogens is 268 g/mol. The van der Waals surface area contributed by atoms with Crippen molar-refractivity contribution in [3.8, 4) is 0 Å². The fraction of sp³-hybridized carbons (Fsp3) is 0.455. The van der Waals surface area contributed by atoms with Gasteiger partial charge in [0.25, 0.3) is 0 Å². The summed E-state index contributed by atoms with van der Waals surface area (Å²) >= 11 is 3.39. The van der Waals surface area contributed by atoms with E-state index in [-0.39, 0.29) is 11.9 Å². The van der Waals surface area contributed by atoms with Crippen molar-refractivity contribution in [2.75, 3.05) is 11.9 Å². The third-order valence-electron chi connectivity index (χ3n) is 2.53. The zero-order valence-corrected chi connectivity index (χ0v) is 11.4. The predicted molar refractivity (Wildman–Crippen MR) is 71.1 cm³/mol. The Bertz CT molecular complexity index is 392. The smallest absolute Gasteiger partial charge is 0.131 e. The van der Waals surface area contributed by atoms with Gasteiger partial charge < -0.3 is 10.6 Å². The van der Waals surface area contributed by atoms with Crippen LogP contribution in [-0.2, 0) is 0 Å². The number of nitrogens with one attached hydrogen (secondary N) is 1. The van der Waals surface area contributed by atoms with Gasteiger partial charge in [-0.3, -0.25) is 5.41 Å². The summed E-state index contributed by atoms with van der Waals surface area (Å²) in [6.45, 7) is 4.05. The molecule has 1 aromatic heterocycles. The van der Waals surface area contributed by atoms with E-state index in [9.17, 15) is 0 Å². The minimum absolute atomic E-state index is 0.171. The number of amidine groups is 1. The van der Waals surface area contributed by atoms with Crippen LogP contribution in [0.4, 0.5) is 5.82 Å². The first-order valence-electron chi connectivity index (χ1n) is 5.09. The van der Waals surface area contributed by atoms with E-state index in [0.29, 0.717) is 6.42 Å². The highest BCUT2D eigenvalue weighted by Gasteiger charge is 2.14. The first-order chi connectivity index (χ1) is 7.41. The number of pyridine rings is 1. The lowest BCUT2D eigenvalue weighted by Gasteiger charge is -2.27. The average molecular weight is 285 g/mol. The normalized spacial score (nSPS) is 12.2. The third-order valence-corrected chi connectivity index (χ3v) is 2.96. The summed E-state index contributed by atoms with van der Waals surface area (Å²) < 4.78 is 0.973. The van der Waals surface area contributed by atoms with Gasteiger partial charge in [0.15, 0.2) is 0 Å². The fourth-order valence-corrected chi connectivity index (χ4v) is 2.01. The third kappa shape index (κ3) is 3.20. The molecule has 0 spiro atoms. The molecule has 0 radical (unpaired) electrons. The van der Waals surface area contributed by atoms with Crippen LogP contribution in [0.15, 0.2) is 16.7 Å². The van der Waals surface area contributed by atoms with Gasteiger partial charge in [0, 0.05) is 30.2 Å². The number of nitrogens with zero attached hydrogens (tertiary/aromatic N) is 2. The van der Waals surface area contributed by atoms with Crippen LogP contribution in [-0.4, -0.2) is 23.9 Å². The Morgan fingerprint density at radius 2 is 2.31 bits per heavy atom. The lowest BCUT2D eigenvalue weighted by Crippen LogP contribution is -2.33. The molecule has 88 valence electrons. The number of hydrogen-bond acceptors (Lipinski definition) is 3. The maximum absolute atomic E-state index is 7.29. The molecule has 0 aliphatic rings. The van der Waals surface area contributed by atoms with Crippen LogP contribution in [0.3, 0.4) is 0 Å². The van der Waals surface area contributed by atoms with Gasteiger partial charge in [-0.2, -0.15) is 0 Å². The second-order valence-electron chi connectivity index (χ2n) is 3.98. The predicted octanol–water partition coefficient (Wildman–Crippen LogP) is 2.30. The summed E-state index contributed by atoms with van der Waals surface area (Å²) in [4.78, 5) is 6.42. The van der Waals surface area contributed by atoms with Gasteiger partial charge in [-0.15, -0.1) is 0 Å². The van der Waals surface area contributed by atoms with Crippen LogP contribution < -0.4 is 10.6 Å². The Hall–Kier alpha value is -1.10. The summed E-state index contributed by atoms with van der Waals surface area (Å²) in [5, 5.41) is 7.29. The van der Waals surface area contributed by atoms with E-state index in [0.717, 1.165) is 15.9 Å². The second kappa shape index (κ2) is 5.30. The van der Waals surface area contributed by atoms with Gasteiger partial charge in [0.1, 0.15) is 5.82 Å². The molecule has 1 unspecified atom stereocenters. The van der Waals surface area contributed by atoms with Crippen molar-refractivity contribution < 1.29 is 0 Å². The lowest BCUT2D eigenvalue weighted by atomic mass is 10.2. The lowest BCUT2D eigenvalue weighted by molar-refractivity contribution is 0.697. The Morgan fingerprint density at radius 1 is 1.69 bits per heavy atom. The average Bonchev–Trinajstić information content (AvgIpc) is 2.15. The van der Waals surface area contributed by atoms with Gasteiger partial charge in [0.2, 0.25) is 0 Å². The molecule has 16 heavy (non-hydrogen) atoms. The fourth-order valence-electron chi connectivity index (χ4n) is 1.57. The molecule has 1 atom stereocenters. The van der Waals surface area contributed by atoms with Gasteiger partial charge in [0.05, 0.1) is 5.84 Å². The summed E-state index contributed by atoms with van der Waals surface area (Å²) in [7, 11) is 1.97. The molecule has 4 nitrogen and oxygen atoms in total. The summed E-state index contributed by atoms with van der Waals surface area (Å²) in [5.41, 5.74) is 6.50. The molecule has 1 heterocycles. The summed E-state index contributed by atoms with van der Waals surface area (Å²) in [6, 6.07) is 2.20. The van der Waals surface area contributed by atoms with Crippen LogP contribution in [0.2, 0.25) is 0 Å². The van der Waals surface area contributed by atoms with E-state index in [1.54, 1.807) is 6.20 Å². The number of nitrogens with two attached hydrogens (primary N) is 1. The molecule has 0 bridgehead atoms. The minimum Gasteiger partial charge on any atom is -0.388 e. The molecule has 0 aliphatic carbocycles. The summed E-state index contributed by atoms with van der Waals surface area (Å²) in [5.74, 6) is 1.13. The van der Waals surface area contributed by atoms with E-state index >= 15 is 0 Å². The van der Waals surface area contributed by atoms with Crippen LogP contribution in [0, 0.1) is 12.3 Å². The number of aryl methyl sites for hydroxylation is 1. The molecule has 0 aromatic carbocycles. The van der Waals surface area contributed by atoms with Crippen molar-refractivity contribution in [2.24, 2.45) is 5.73 Å². The van der Waals surface area contributed by atoms with Crippen molar-refractivity contribution in [2.45, 2.75) is 26.3 Å². The van der Waals surface area contributed by atoms with Crippen LogP contribution in [0.5, 0.6) is 0 Å². The first-order valence-corrected chi connectivity index (χ1v) is 5.89. The number of hydrogen-bond donors (Lipinski definition) is 2. The zero-order chi connectivity index (χ0) is 12.3. The number of anilines is 1. The van der Waals surface area contributed by atoms with Gasteiger partial charge >= 0.3 is 0 Å². The molecular formula is C11H17BrN4. The van der Waals surface area contributed by atoms with Crippen molar-refractivity contribution in [1.29, 1.82) is 5.41 Å². The monoisotopic (exact) mass is 284 g/mol. The largest absolute Gasteiger partial charge is 0.388 e.